The van der Waals surface area contributed by atoms with Crippen LogP contribution >= 0.6 is 0 Å². The maximum absolute atomic E-state index is 12.7. The van der Waals surface area contributed by atoms with Gasteiger partial charge in [-0.3, -0.25) is 24.3 Å². The SMILES string of the molecule is O=C(Cn1cnc2c(cnn2-c2ccccc2)c1=O)Nc1cccc([N+](=O)[O-])c1. The Morgan fingerprint density at radius 3 is 2.69 bits per heavy atom. The van der Waals surface area contributed by atoms with E-state index in [4.69, 9.17) is 0 Å². The van der Waals surface area contributed by atoms with Crippen molar-refractivity contribution in [2.24, 2.45) is 0 Å². The van der Waals surface area contributed by atoms with Crippen LogP contribution in [0.5, 0.6) is 0 Å². The van der Waals surface area contributed by atoms with Gasteiger partial charge in [-0.2, -0.15) is 5.10 Å². The number of carbonyl (C=O) groups is 1. The second-order valence-electron chi connectivity index (χ2n) is 6.16. The Morgan fingerprint density at radius 1 is 1.14 bits per heavy atom. The number of aromatic nitrogens is 4. The highest BCUT2D eigenvalue weighted by molar-refractivity contribution is 5.91. The molecule has 0 unspecified atom stereocenters. The topological polar surface area (TPSA) is 125 Å². The fraction of sp³-hybridized carbons (Fsp3) is 0.0526. The second-order valence-corrected chi connectivity index (χ2v) is 6.16. The van der Waals surface area contributed by atoms with E-state index >= 15 is 0 Å². The highest BCUT2D eigenvalue weighted by atomic mass is 16.6. The molecule has 0 spiro atoms. The van der Waals surface area contributed by atoms with E-state index in [-0.39, 0.29) is 23.3 Å². The van der Waals surface area contributed by atoms with E-state index in [1.165, 1.54) is 36.8 Å². The van der Waals surface area contributed by atoms with Gasteiger partial charge in [-0.05, 0) is 18.2 Å². The first kappa shape index (κ1) is 18.0. The van der Waals surface area contributed by atoms with Gasteiger partial charge in [0.05, 0.1) is 16.8 Å². The van der Waals surface area contributed by atoms with Gasteiger partial charge < -0.3 is 5.32 Å². The number of benzene rings is 2. The van der Waals surface area contributed by atoms with Crippen LogP contribution in [0.15, 0.2) is 71.9 Å². The smallest absolute Gasteiger partial charge is 0.271 e. The van der Waals surface area contributed by atoms with Crippen LogP contribution < -0.4 is 10.9 Å². The van der Waals surface area contributed by atoms with Crippen LogP contribution in [0.1, 0.15) is 0 Å². The quantitative estimate of drug-likeness (QED) is 0.411. The van der Waals surface area contributed by atoms with E-state index in [1.807, 2.05) is 30.3 Å². The van der Waals surface area contributed by atoms with Crippen molar-refractivity contribution < 1.29 is 9.72 Å². The van der Waals surface area contributed by atoms with Crippen molar-refractivity contribution >= 4 is 28.3 Å². The molecule has 4 rings (SSSR count). The van der Waals surface area contributed by atoms with Crippen molar-refractivity contribution in [2.45, 2.75) is 6.54 Å². The summed E-state index contributed by atoms with van der Waals surface area (Å²) in [5.41, 5.74) is 0.859. The van der Waals surface area contributed by atoms with E-state index < -0.39 is 16.4 Å². The van der Waals surface area contributed by atoms with Crippen molar-refractivity contribution in [3.63, 3.8) is 0 Å². The summed E-state index contributed by atoms with van der Waals surface area (Å²) in [5.74, 6) is -0.510. The van der Waals surface area contributed by atoms with E-state index in [9.17, 15) is 19.7 Å². The van der Waals surface area contributed by atoms with E-state index in [0.717, 1.165) is 10.3 Å². The zero-order chi connectivity index (χ0) is 20.4. The number of fused-ring (bicyclic) bond motifs is 1. The molecule has 1 amide bonds. The fourth-order valence-electron chi connectivity index (χ4n) is 2.87. The van der Waals surface area contributed by atoms with Crippen LogP contribution in [0.4, 0.5) is 11.4 Å². The minimum atomic E-state index is -0.553. The minimum Gasteiger partial charge on any atom is -0.324 e. The average Bonchev–Trinajstić information content (AvgIpc) is 3.16. The predicted molar refractivity (Wildman–Crippen MR) is 105 cm³/mol. The first-order valence-corrected chi connectivity index (χ1v) is 8.56. The number of para-hydroxylation sites is 1. The summed E-state index contributed by atoms with van der Waals surface area (Å²) >= 11 is 0. The van der Waals surface area contributed by atoms with Crippen LogP contribution in [-0.2, 0) is 11.3 Å². The number of nitrogens with zero attached hydrogens (tertiary/aromatic N) is 5. The van der Waals surface area contributed by atoms with Crippen molar-refractivity contribution in [3.8, 4) is 5.69 Å². The van der Waals surface area contributed by atoms with Gasteiger partial charge in [-0.1, -0.05) is 24.3 Å². The Balaban J connectivity index is 1.58. The Kier molecular flexibility index (Phi) is 4.57. The third-order valence-corrected chi connectivity index (χ3v) is 4.21. The van der Waals surface area contributed by atoms with Crippen molar-refractivity contribution in [1.82, 2.24) is 19.3 Å². The summed E-state index contributed by atoms with van der Waals surface area (Å²) in [6.45, 7) is -0.291. The zero-order valence-corrected chi connectivity index (χ0v) is 14.9. The molecule has 10 nitrogen and oxygen atoms in total. The van der Waals surface area contributed by atoms with Crippen LogP contribution in [0.25, 0.3) is 16.7 Å². The zero-order valence-electron chi connectivity index (χ0n) is 14.9. The normalized spacial score (nSPS) is 10.8. The van der Waals surface area contributed by atoms with Crippen LogP contribution in [-0.4, -0.2) is 30.2 Å². The van der Waals surface area contributed by atoms with Gasteiger partial charge in [0.1, 0.15) is 18.3 Å². The average molecular weight is 390 g/mol. The number of nitro benzene ring substituents is 1. The maximum atomic E-state index is 12.7. The largest absolute Gasteiger partial charge is 0.324 e. The summed E-state index contributed by atoms with van der Waals surface area (Å²) in [7, 11) is 0. The van der Waals surface area contributed by atoms with E-state index in [2.05, 4.69) is 15.4 Å². The number of carbonyl (C=O) groups excluding carboxylic acids is 1. The summed E-state index contributed by atoms with van der Waals surface area (Å²) in [6.07, 6.45) is 2.69. The number of hydrogen-bond acceptors (Lipinski definition) is 6. The summed E-state index contributed by atoms with van der Waals surface area (Å²) in [4.78, 5) is 39.5. The van der Waals surface area contributed by atoms with Crippen LogP contribution in [0.2, 0.25) is 0 Å². The monoisotopic (exact) mass is 390 g/mol. The Bertz CT molecular complexity index is 1280. The lowest BCUT2D eigenvalue weighted by Crippen LogP contribution is -2.27. The van der Waals surface area contributed by atoms with Crippen LogP contribution in [0.3, 0.4) is 0 Å². The Hall–Kier alpha value is -4.34. The molecule has 4 aromatic rings. The van der Waals surface area contributed by atoms with Gasteiger partial charge >= 0.3 is 0 Å². The van der Waals surface area contributed by atoms with Gasteiger partial charge in [0, 0.05) is 17.8 Å². The minimum absolute atomic E-state index is 0.142. The molecule has 0 aliphatic rings. The molecule has 2 aromatic heterocycles. The number of nitro groups is 1. The lowest BCUT2D eigenvalue weighted by atomic mass is 10.3. The third kappa shape index (κ3) is 3.58. The highest BCUT2D eigenvalue weighted by Gasteiger charge is 2.14. The molecule has 0 saturated carbocycles. The molecule has 0 radical (unpaired) electrons. The van der Waals surface area contributed by atoms with Gasteiger partial charge in [-0.25, -0.2) is 9.67 Å². The first-order valence-electron chi connectivity index (χ1n) is 8.56. The Labute approximate surface area is 163 Å². The van der Waals surface area contributed by atoms with Crippen molar-refractivity contribution in [1.29, 1.82) is 0 Å². The summed E-state index contributed by atoms with van der Waals surface area (Å²) < 4.78 is 2.70. The van der Waals surface area contributed by atoms with E-state index in [0.29, 0.717) is 5.65 Å². The maximum Gasteiger partial charge on any atom is 0.271 e. The lowest BCUT2D eigenvalue weighted by molar-refractivity contribution is -0.384. The van der Waals surface area contributed by atoms with Crippen molar-refractivity contribution in [2.75, 3.05) is 5.32 Å². The molecule has 0 aliphatic carbocycles. The molecule has 0 saturated heterocycles. The molecule has 0 atom stereocenters. The standard InChI is InChI=1S/C19H14N6O4/c26-17(22-13-5-4-8-15(9-13)25(28)29)11-23-12-20-18-16(19(23)27)10-21-24(18)14-6-2-1-3-7-14/h1-10,12H,11H2,(H,22,26). The molecular formula is C19H14N6O4. The van der Waals surface area contributed by atoms with E-state index in [1.54, 1.807) is 4.68 Å². The predicted octanol–water partition coefficient (Wildman–Crippen LogP) is 2.13. The summed E-state index contributed by atoms with van der Waals surface area (Å²) in [5, 5.41) is 17.9. The molecular weight excluding hydrogens is 376 g/mol. The van der Waals surface area contributed by atoms with Gasteiger partial charge in [0.2, 0.25) is 5.91 Å². The Morgan fingerprint density at radius 2 is 1.93 bits per heavy atom. The second kappa shape index (κ2) is 7.35. The highest BCUT2D eigenvalue weighted by Crippen LogP contribution is 2.17. The molecule has 2 aromatic carbocycles. The van der Waals surface area contributed by atoms with Gasteiger partial charge in [0.25, 0.3) is 11.2 Å². The third-order valence-electron chi connectivity index (χ3n) is 4.21. The van der Waals surface area contributed by atoms with Crippen molar-refractivity contribution in [3.05, 3.63) is 87.6 Å². The summed E-state index contributed by atoms with van der Waals surface area (Å²) in [6, 6.07) is 14.8. The lowest BCUT2D eigenvalue weighted by Gasteiger charge is -2.08. The number of hydrogen-bond donors (Lipinski definition) is 1. The first-order chi connectivity index (χ1) is 14.0. The molecule has 144 valence electrons. The molecule has 2 heterocycles. The molecule has 0 bridgehead atoms. The number of nitrogens with one attached hydrogen (secondary N) is 1. The molecule has 1 N–H and O–H groups in total. The number of anilines is 1. The molecule has 29 heavy (non-hydrogen) atoms. The van der Waals surface area contributed by atoms with Crippen LogP contribution in [0, 0.1) is 10.1 Å². The fourth-order valence-corrected chi connectivity index (χ4v) is 2.87. The van der Waals surface area contributed by atoms with Gasteiger partial charge in [-0.15, -0.1) is 0 Å². The molecule has 10 heteroatoms. The number of non-ortho nitro benzene ring substituents is 1. The molecule has 0 fully saturated rings. The number of rotatable bonds is 5. The molecule has 0 aliphatic heterocycles. The number of amides is 1. The van der Waals surface area contributed by atoms with Gasteiger partial charge in [0.15, 0.2) is 5.65 Å².